The van der Waals surface area contributed by atoms with Crippen LogP contribution in [0.2, 0.25) is 0 Å². The summed E-state index contributed by atoms with van der Waals surface area (Å²) in [5.41, 5.74) is 0. The number of ether oxygens (including phenoxy) is 2. The SMILES string of the molecule is CCCCCCCCCCC#CC#CCCCCCCCCC(=O)OC(C)[N+](C)(C)C(C)OC(=O)CCCCCCCCC#CC#CCCCCCCCCCC. The van der Waals surface area contributed by atoms with Crippen molar-refractivity contribution in [3.05, 3.63) is 0 Å². The van der Waals surface area contributed by atoms with Gasteiger partial charge in [0.15, 0.2) is 0 Å². The topological polar surface area (TPSA) is 52.6 Å². The van der Waals surface area contributed by atoms with Crippen LogP contribution in [0.1, 0.15) is 246 Å². The summed E-state index contributed by atoms with van der Waals surface area (Å²) < 4.78 is 11.8. The Kier molecular flexibility index (Phi) is 39.2. The van der Waals surface area contributed by atoms with Crippen LogP contribution in [0, 0.1) is 47.4 Å². The van der Waals surface area contributed by atoms with Gasteiger partial charge in [0.2, 0.25) is 12.5 Å². The number of quaternary nitrogens is 1. The molecule has 0 rings (SSSR count). The van der Waals surface area contributed by atoms with E-state index in [1.807, 2.05) is 27.9 Å². The first-order chi connectivity index (χ1) is 27.8. The molecule has 2 atom stereocenters. The average molecular weight is 791 g/mol. The van der Waals surface area contributed by atoms with E-state index in [9.17, 15) is 9.59 Å². The largest absolute Gasteiger partial charge is 0.413 e. The van der Waals surface area contributed by atoms with Gasteiger partial charge in [0, 0.05) is 52.4 Å². The molecule has 2 unspecified atom stereocenters. The fourth-order valence-electron chi connectivity index (χ4n) is 6.57. The van der Waals surface area contributed by atoms with E-state index >= 15 is 0 Å². The summed E-state index contributed by atoms with van der Waals surface area (Å²) in [5, 5.41) is 0. The van der Waals surface area contributed by atoms with Crippen LogP contribution in [-0.4, -0.2) is 43.0 Å². The number of carbonyl (C=O) groups excluding carboxylic acids is 2. The first kappa shape index (κ1) is 54.1. The van der Waals surface area contributed by atoms with Gasteiger partial charge < -0.3 is 9.47 Å². The summed E-state index contributed by atoms with van der Waals surface area (Å²) in [7, 11) is 3.89. The van der Waals surface area contributed by atoms with Crippen LogP contribution in [0.5, 0.6) is 0 Å². The van der Waals surface area contributed by atoms with Crippen molar-refractivity contribution in [3.8, 4) is 47.4 Å². The molecule has 0 saturated heterocycles. The van der Waals surface area contributed by atoms with Crippen molar-refractivity contribution in [1.82, 2.24) is 0 Å². The summed E-state index contributed by atoms with van der Waals surface area (Å²) in [6.07, 6.45) is 37.9. The van der Waals surface area contributed by atoms with Crippen molar-refractivity contribution in [2.45, 2.75) is 258 Å². The fourth-order valence-corrected chi connectivity index (χ4v) is 6.57. The maximum atomic E-state index is 12.6. The zero-order valence-corrected chi connectivity index (χ0v) is 38.3. The van der Waals surface area contributed by atoms with E-state index in [1.165, 1.54) is 103 Å². The lowest BCUT2D eigenvalue weighted by Gasteiger charge is -2.39. The Labute approximate surface area is 354 Å². The van der Waals surface area contributed by atoms with Crippen molar-refractivity contribution in [3.63, 3.8) is 0 Å². The number of nitrogens with zero attached hydrogens (tertiary/aromatic N) is 1. The van der Waals surface area contributed by atoms with Gasteiger partial charge in [0.25, 0.3) is 0 Å². The van der Waals surface area contributed by atoms with E-state index in [2.05, 4.69) is 61.2 Å². The van der Waals surface area contributed by atoms with E-state index in [-0.39, 0.29) is 16.4 Å². The Bertz CT molecular complexity index is 1130. The molecular weight excluding hydrogens is 703 g/mol. The highest BCUT2D eigenvalue weighted by Gasteiger charge is 2.35. The van der Waals surface area contributed by atoms with Gasteiger partial charge in [-0.15, -0.1) is 0 Å². The van der Waals surface area contributed by atoms with Gasteiger partial charge >= 0.3 is 11.9 Å². The van der Waals surface area contributed by atoms with Crippen molar-refractivity contribution < 1.29 is 23.5 Å². The summed E-state index contributed by atoms with van der Waals surface area (Å²) in [6, 6.07) is 0. The molecule has 0 N–H and O–H groups in total. The highest BCUT2D eigenvalue weighted by atomic mass is 16.6. The van der Waals surface area contributed by atoms with Gasteiger partial charge in [-0.3, -0.25) is 14.1 Å². The molecule has 324 valence electrons. The van der Waals surface area contributed by atoms with E-state index in [0.717, 1.165) is 103 Å². The zero-order valence-electron chi connectivity index (χ0n) is 38.3. The standard InChI is InChI=1S/C52H88NO4/c1-7-9-11-13-15-17-19-21-23-25-27-29-31-33-35-37-39-41-43-45-47-51(54)56-49(3)53(5,6)50(4)57-52(55)48-46-44-42-40-38-36-34-32-30-28-26-24-22-20-18-16-14-12-10-8-2/h49-50H,7-24,33-48H2,1-6H3/q+1. The van der Waals surface area contributed by atoms with Crippen LogP contribution >= 0.6 is 0 Å². The second-order valence-corrected chi connectivity index (χ2v) is 16.7. The molecular formula is C52H88NO4+. The minimum atomic E-state index is -0.410. The van der Waals surface area contributed by atoms with E-state index in [4.69, 9.17) is 9.47 Å². The predicted molar refractivity (Wildman–Crippen MR) is 243 cm³/mol. The molecule has 57 heavy (non-hydrogen) atoms. The Hall–Kier alpha value is -2.86. The first-order valence-electron chi connectivity index (χ1n) is 23.9. The molecule has 0 spiro atoms. The zero-order chi connectivity index (χ0) is 41.9. The minimum absolute atomic E-state index is 0.184. The van der Waals surface area contributed by atoms with E-state index < -0.39 is 12.5 Å². The molecule has 0 aliphatic rings. The van der Waals surface area contributed by atoms with E-state index in [1.54, 1.807) is 0 Å². The molecule has 0 aromatic heterocycles. The Balaban J connectivity index is 3.84. The number of carbonyl (C=O) groups is 2. The third-order valence-electron chi connectivity index (χ3n) is 11.1. The summed E-state index contributed by atoms with van der Waals surface area (Å²) >= 11 is 0. The third-order valence-corrected chi connectivity index (χ3v) is 11.1. The fraction of sp³-hybridized carbons (Fsp3) is 0.808. The predicted octanol–water partition coefficient (Wildman–Crippen LogP) is 14.2. The highest BCUT2D eigenvalue weighted by molar-refractivity contribution is 5.69. The second-order valence-electron chi connectivity index (χ2n) is 16.7. The van der Waals surface area contributed by atoms with E-state index in [0.29, 0.717) is 12.8 Å². The Morgan fingerprint density at radius 1 is 0.386 bits per heavy atom. The average Bonchev–Trinajstić information content (AvgIpc) is 3.19. The van der Waals surface area contributed by atoms with Gasteiger partial charge in [0.1, 0.15) is 0 Å². The summed E-state index contributed by atoms with van der Waals surface area (Å²) in [6.45, 7) is 8.29. The molecule has 0 amide bonds. The van der Waals surface area contributed by atoms with Crippen molar-refractivity contribution in [1.29, 1.82) is 0 Å². The maximum absolute atomic E-state index is 12.6. The quantitative estimate of drug-likeness (QED) is 0.0209. The monoisotopic (exact) mass is 791 g/mol. The maximum Gasteiger partial charge on any atom is 0.310 e. The third kappa shape index (κ3) is 37.2. The van der Waals surface area contributed by atoms with Gasteiger partial charge in [0.05, 0.1) is 14.1 Å². The van der Waals surface area contributed by atoms with Crippen LogP contribution < -0.4 is 0 Å². The Morgan fingerprint density at radius 2 is 0.614 bits per heavy atom. The number of esters is 2. The van der Waals surface area contributed by atoms with Gasteiger partial charge in [-0.2, -0.15) is 0 Å². The van der Waals surface area contributed by atoms with Crippen molar-refractivity contribution in [2.75, 3.05) is 14.1 Å². The molecule has 0 aliphatic heterocycles. The lowest BCUT2D eigenvalue weighted by Crippen LogP contribution is -2.56. The number of hydrogen-bond acceptors (Lipinski definition) is 4. The number of unbranched alkanes of at least 4 members (excludes halogenated alkanes) is 28. The van der Waals surface area contributed by atoms with Crippen LogP contribution in [0.15, 0.2) is 0 Å². The molecule has 0 radical (unpaired) electrons. The summed E-state index contributed by atoms with van der Waals surface area (Å²) in [4.78, 5) is 25.1. The molecule has 0 aromatic rings. The summed E-state index contributed by atoms with van der Waals surface area (Å²) in [5.74, 6) is 24.5. The molecule has 0 bridgehead atoms. The molecule has 0 heterocycles. The van der Waals surface area contributed by atoms with Crippen molar-refractivity contribution in [2.24, 2.45) is 0 Å². The minimum Gasteiger partial charge on any atom is -0.413 e. The highest BCUT2D eigenvalue weighted by Crippen LogP contribution is 2.19. The van der Waals surface area contributed by atoms with Crippen LogP contribution in [0.25, 0.3) is 0 Å². The lowest BCUT2D eigenvalue weighted by atomic mass is 10.1. The molecule has 0 aromatic carbocycles. The van der Waals surface area contributed by atoms with Crippen LogP contribution in [-0.2, 0) is 19.1 Å². The molecule has 5 nitrogen and oxygen atoms in total. The second kappa shape index (κ2) is 41.3. The van der Waals surface area contributed by atoms with Crippen LogP contribution in [0.4, 0.5) is 0 Å². The van der Waals surface area contributed by atoms with Gasteiger partial charge in [-0.05, 0) is 62.2 Å². The molecule has 5 heteroatoms. The lowest BCUT2D eigenvalue weighted by molar-refractivity contribution is -0.971. The van der Waals surface area contributed by atoms with Gasteiger partial charge in [-0.25, -0.2) is 0 Å². The van der Waals surface area contributed by atoms with Crippen LogP contribution in [0.3, 0.4) is 0 Å². The van der Waals surface area contributed by atoms with Crippen molar-refractivity contribution >= 4 is 11.9 Å². The molecule has 0 saturated carbocycles. The number of hydrogen-bond donors (Lipinski definition) is 0. The molecule has 0 fully saturated rings. The van der Waals surface area contributed by atoms with Gasteiger partial charge in [-0.1, -0.05) is 179 Å². The smallest absolute Gasteiger partial charge is 0.310 e. The Morgan fingerprint density at radius 3 is 0.877 bits per heavy atom. The molecule has 0 aliphatic carbocycles. The first-order valence-corrected chi connectivity index (χ1v) is 23.9. The normalized spacial score (nSPS) is 11.8. The number of rotatable bonds is 36.